The number of carbonyl (C=O) groups excluding carboxylic acids is 1. The van der Waals surface area contributed by atoms with Gasteiger partial charge in [-0.1, -0.05) is 29.6 Å². The highest BCUT2D eigenvalue weighted by Crippen LogP contribution is 2.35. The quantitative estimate of drug-likeness (QED) is 0.708. The SMILES string of the molecule is NC1(c2noc(-c3nccnc3C(=O)Nc3ccc(Cl)cc3)n2)CCCC1. The van der Waals surface area contributed by atoms with Crippen molar-refractivity contribution in [1.82, 2.24) is 20.1 Å². The molecule has 0 saturated heterocycles. The van der Waals surface area contributed by atoms with Crippen molar-refractivity contribution >= 4 is 23.2 Å². The van der Waals surface area contributed by atoms with Crippen molar-refractivity contribution in [1.29, 1.82) is 0 Å². The van der Waals surface area contributed by atoms with Crippen molar-refractivity contribution in [3.8, 4) is 11.6 Å². The van der Waals surface area contributed by atoms with Crippen molar-refractivity contribution in [3.05, 3.63) is 53.2 Å². The number of amides is 1. The van der Waals surface area contributed by atoms with Crippen LogP contribution < -0.4 is 11.1 Å². The zero-order chi connectivity index (χ0) is 18.9. The van der Waals surface area contributed by atoms with Crippen LogP contribution in [0.3, 0.4) is 0 Å². The minimum absolute atomic E-state index is 0.0835. The second-order valence-electron chi connectivity index (χ2n) is 6.50. The third kappa shape index (κ3) is 3.54. The predicted molar refractivity (Wildman–Crippen MR) is 99.1 cm³/mol. The lowest BCUT2D eigenvalue weighted by atomic mass is 9.99. The fourth-order valence-electron chi connectivity index (χ4n) is 3.14. The highest BCUT2D eigenvalue weighted by molar-refractivity contribution is 6.30. The fraction of sp³-hybridized carbons (Fsp3) is 0.278. The van der Waals surface area contributed by atoms with Crippen LogP contribution in [0.1, 0.15) is 42.0 Å². The molecule has 27 heavy (non-hydrogen) atoms. The largest absolute Gasteiger partial charge is 0.332 e. The first-order valence-corrected chi connectivity index (χ1v) is 8.94. The molecular formula is C18H17ClN6O2. The summed E-state index contributed by atoms with van der Waals surface area (Å²) < 4.78 is 5.34. The first-order valence-electron chi connectivity index (χ1n) is 8.56. The molecular weight excluding hydrogens is 368 g/mol. The summed E-state index contributed by atoms with van der Waals surface area (Å²) in [6, 6.07) is 6.75. The summed E-state index contributed by atoms with van der Waals surface area (Å²) in [5.41, 5.74) is 6.66. The minimum atomic E-state index is -0.588. The van der Waals surface area contributed by atoms with E-state index in [1.807, 2.05) is 0 Å². The molecule has 0 aliphatic heterocycles. The molecule has 2 aromatic heterocycles. The van der Waals surface area contributed by atoms with Gasteiger partial charge in [-0.05, 0) is 37.1 Å². The first-order chi connectivity index (χ1) is 13.0. The maximum absolute atomic E-state index is 12.7. The zero-order valence-electron chi connectivity index (χ0n) is 14.4. The van der Waals surface area contributed by atoms with Crippen LogP contribution in [0.4, 0.5) is 5.69 Å². The van der Waals surface area contributed by atoms with Gasteiger partial charge in [0.1, 0.15) is 0 Å². The Morgan fingerprint density at radius 2 is 1.85 bits per heavy atom. The Morgan fingerprint density at radius 3 is 2.59 bits per heavy atom. The second-order valence-corrected chi connectivity index (χ2v) is 6.94. The van der Waals surface area contributed by atoms with E-state index in [1.165, 1.54) is 12.4 Å². The third-order valence-electron chi connectivity index (χ3n) is 4.59. The molecule has 2 heterocycles. The Bertz CT molecular complexity index is 966. The molecule has 1 aromatic carbocycles. The van der Waals surface area contributed by atoms with Crippen molar-refractivity contribution in [3.63, 3.8) is 0 Å². The van der Waals surface area contributed by atoms with E-state index in [2.05, 4.69) is 25.4 Å². The van der Waals surface area contributed by atoms with E-state index in [0.717, 1.165) is 25.7 Å². The van der Waals surface area contributed by atoms with Crippen LogP contribution in [0.2, 0.25) is 5.02 Å². The molecule has 0 unspecified atom stereocenters. The Balaban J connectivity index is 1.62. The lowest BCUT2D eigenvalue weighted by Crippen LogP contribution is -2.34. The van der Waals surface area contributed by atoms with E-state index < -0.39 is 11.4 Å². The lowest BCUT2D eigenvalue weighted by molar-refractivity contribution is 0.102. The highest BCUT2D eigenvalue weighted by Gasteiger charge is 2.36. The van der Waals surface area contributed by atoms with Crippen LogP contribution in [0, 0.1) is 0 Å². The van der Waals surface area contributed by atoms with Crippen LogP contribution in [0.25, 0.3) is 11.6 Å². The number of aromatic nitrogens is 4. The van der Waals surface area contributed by atoms with Gasteiger partial charge >= 0.3 is 0 Å². The molecule has 3 N–H and O–H groups in total. The van der Waals surface area contributed by atoms with Gasteiger partial charge in [0.05, 0.1) is 5.54 Å². The molecule has 1 amide bonds. The van der Waals surface area contributed by atoms with Crippen molar-refractivity contribution in [2.24, 2.45) is 5.73 Å². The van der Waals surface area contributed by atoms with Gasteiger partial charge in [0.25, 0.3) is 11.8 Å². The molecule has 3 aromatic rings. The van der Waals surface area contributed by atoms with Gasteiger partial charge in [-0.3, -0.25) is 4.79 Å². The molecule has 1 aliphatic rings. The molecule has 9 heteroatoms. The van der Waals surface area contributed by atoms with Crippen LogP contribution in [0.15, 0.2) is 41.2 Å². The third-order valence-corrected chi connectivity index (χ3v) is 4.84. The van der Waals surface area contributed by atoms with E-state index in [1.54, 1.807) is 24.3 Å². The Hall–Kier alpha value is -2.84. The summed E-state index contributed by atoms with van der Waals surface area (Å²) in [5, 5.41) is 7.34. The van der Waals surface area contributed by atoms with Gasteiger partial charge in [-0.25, -0.2) is 9.97 Å². The van der Waals surface area contributed by atoms with Crippen molar-refractivity contribution < 1.29 is 9.32 Å². The number of nitrogens with zero attached hydrogens (tertiary/aromatic N) is 4. The van der Waals surface area contributed by atoms with Crippen molar-refractivity contribution in [2.45, 2.75) is 31.2 Å². The van der Waals surface area contributed by atoms with Crippen molar-refractivity contribution in [2.75, 3.05) is 5.32 Å². The molecule has 0 bridgehead atoms. The van der Waals surface area contributed by atoms with Crippen LogP contribution in [-0.4, -0.2) is 26.0 Å². The molecule has 8 nitrogen and oxygen atoms in total. The number of hydrogen-bond acceptors (Lipinski definition) is 7. The normalized spacial score (nSPS) is 15.6. The van der Waals surface area contributed by atoms with Gasteiger partial charge in [0, 0.05) is 23.1 Å². The Kier molecular flexibility index (Phi) is 4.59. The average molecular weight is 385 g/mol. The number of anilines is 1. The number of rotatable bonds is 4. The molecule has 0 atom stereocenters. The Morgan fingerprint density at radius 1 is 1.15 bits per heavy atom. The summed E-state index contributed by atoms with van der Waals surface area (Å²) >= 11 is 5.87. The number of halogens is 1. The summed E-state index contributed by atoms with van der Waals surface area (Å²) in [4.78, 5) is 25.4. The summed E-state index contributed by atoms with van der Waals surface area (Å²) in [5.74, 6) is 0.115. The molecule has 138 valence electrons. The summed E-state index contributed by atoms with van der Waals surface area (Å²) in [7, 11) is 0. The van der Waals surface area contributed by atoms with Crippen LogP contribution >= 0.6 is 11.6 Å². The number of carbonyl (C=O) groups is 1. The number of nitrogens with one attached hydrogen (secondary N) is 1. The molecule has 0 spiro atoms. The van der Waals surface area contributed by atoms with E-state index in [9.17, 15) is 4.79 Å². The summed E-state index contributed by atoms with van der Waals surface area (Å²) in [6.45, 7) is 0. The van der Waals surface area contributed by atoms with E-state index in [-0.39, 0.29) is 17.3 Å². The topological polar surface area (TPSA) is 120 Å². The lowest BCUT2D eigenvalue weighted by Gasteiger charge is -2.17. The summed E-state index contributed by atoms with van der Waals surface area (Å²) in [6.07, 6.45) is 6.55. The number of hydrogen-bond donors (Lipinski definition) is 2. The number of nitrogens with two attached hydrogens (primary N) is 1. The van der Waals surface area contributed by atoms with Gasteiger partial charge in [-0.2, -0.15) is 4.98 Å². The maximum Gasteiger partial charge on any atom is 0.279 e. The molecule has 1 fully saturated rings. The van der Waals surface area contributed by atoms with Crippen LogP contribution in [0.5, 0.6) is 0 Å². The van der Waals surface area contributed by atoms with Gasteiger partial charge in [-0.15, -0.1) is 0 Å². The van der Waals surface area contributed by atoms with Gasteiger partial charge < -0.3 is 15.6 Å². The van der Waals surface area contributed by atoms with Gasteiger partial charge in [0.2, 0.25) is 0 Å². The van der Waals surface area contributed by atoms with E-state index in [4.69, 9.17) is 21.9 Å². The van der Waals surface area contributed by atoms with Gasteiger partial charge in [0.15, 0.2) is 17.2 Å². The molecule has 1 saturated carbocycles. The molecule has 4 rings (SSSR count). The predicted octanol–water partition coefficient (Wildman–Crippen LogP) is 3.16. The Labute approximate surface area is 160 Å². The highest BCUT2D eigenvalue weighted by atomic mass is 35.5. The monoisotopic (exact) mass is 384 g/mol. The zero-order valence-corrected chi connectivity index (χ0v) is 15.1. The maximum atomic E-state index is 12.7. The van der Waals surface area contributed by atoms with Crippen LogP contribution in [-0.2, 0) is 5.54 Å². The standard InChI is InChI=1S/C18H17ClN6O2/c19-11-3-5-12(6-4-11)23-15(26)13-14(22-10-9-21-13)16-24-17(25-27-16)18(20)7-1-2-8-18/h3-6,9-10H,1-2,7-8,20H2,(H,23,26). The van der Waals surface area contributed by atoms with E-state index >= 15 is 0 Å². The smallest absolute Gasteiger partial charge is 0.279 e. The first kappa shape index (κ1) is 17.6. The number of benzene rings is 1. The average Bonchev–Trinajstić information content (AvgIpc) is 3.34. The fourth-order valence-corrected chi connectivity index (χ4v) is 3.26. The molecule has 1 aliphatic carbocycles. The second kappa shape index (κ2) is 7.05. The van der Waals surface area contributed by atoms with E-state index in [0.29, 0.717) is 16.5 Å². The molecule has 0 radical (unpaired) electrons. The minimum Gasteiger partial charge on any atom is -0.332 e.